The number of aryl methyl sites for hydroxylation is 1. The number of hydrogen-bond donors (Lipinski definition) is 2. The lowest BCUT2D eigenvalue weighted by atomic mass is 9.79. The summed E-state index contributed by atoms with van der Waals surface area (Å²) in [5, 5.41) is 22.0. The maximum atomic E-state index is 16.7. The maximum Gasteiger partial charge on any atom is 0.319 e. The zero-order valence-electron chi connectivity index (χ0n) is 24.5. The predicted octanol–water partition coefficient (Wildman–Crippen LogP) is 5.89. The van der Waals surface area contributed by atoms with Crippen LogP contribution in [0.25, 0.3) is 22.0 Å². The Labute approximate surface area is 245 Å². The molecule has 3 saturated heterocycles. The van der Waals surface area contributed by atoms with Crippen LogP contribution >= 0.6 is 0 Å². The van der Waals surface area contributed by atoms with Crippen LogP contribution in [0.4, 0.5) is 14.6 Å². The van der Waals surface area contributed by atoms with Gasteiger partial charge < -0.3 is 19.8 Å². The first kappa shape index (κ1) is 27.8. The van der Waals surface area contributed by atoms with Crippen molar-refractivity contribution in [1.29, 1.82) is 0 Å². The molecule has 42 heavy (non-hydrogen) atoms. The largest absolute Gasteiger partial charge is 0.508 e. The molecule has 1 aliphatic carbocycles. The van der Waals surface area contributed by atoms with Crippen molar-refractivity contribution in [3.8, 4) is 22.9 Å². The van der Waals surface area contributed by atoms with E-state index < -0.39 is 17.6 Å². The molecule has 4 heterocycles. The summed E-state index contributed by atoms with van der Waals surface area (Å²) in [6.07, 6.45) is 5.74. The van der Waals surface area contributed by atoms with E-state index in [2.05, 4.69) is 16.8 Å². The number of aromatic nitrogens is 2. The Kier molecular flexibility index (Phi) is 6.81. The van der Waals surface area contributed by atoms with Crippen molar-refractivity contribution in [2.45, 2.75) is 88.4 Å². The van der Waals surface area contributed by atoms with E-state index in [4.69, 9.17) is 9.72 Å². The van der Waals surface area contributed by atoms with Crippen molar-refractivity contribution < 1.29 is 23.7 Å². The minimum atomic E-state index is -0.894. The third-order valence-electron chi connectivity index (χ3n) is 10.1. The normalized spacial score (nSPS) is 29.6. The summed E-state index contributed by atoms with van der Waals surface area (Å²) in [5.41, 5.74) is 2.10. The fraction of sp³-hybridized carbons (Fsp3) is 0.576. The molecule has 1 aromatic heterocycles. The summed E-state index contributed by atoms with van der Waals surface area (Å²) >= 11 is 0. The molecule has 3 fully saturated rings. The van der Waals surface area contributed by atoms with Gasteiger partial charge in [0, 0.05) is 37.0 Å². The number of rotatable bonds is 5. The van der Waals surface area contributed by atoms with Gasteiger partial charge in [0.2, 0.25) is 0 Å². The number of phenols is 1. The van der Waals surface area contributed by atoms with Crippen LogP contribution in [0.2, 0.25) is 0 Å². The fourth-order valence-electron chi connectivity index (χ4n) is 8.14. The molecule has 0 radical (unpaired) electrons. The molecular formula is C33H40F2N4O3. The van der Waals surface area contributed by atoms with E-state index in [9.17, 15) is 14.6 Å². The minimum absolute atomic E-state index is 0.0635. The third-order valence-corrected chi connectivity index (χ3v) is 10.1. The molecule has 0 saturated carbocycles. The Morgan fingerprint density at radius 1 is 1.10 bits per heavy atom. The Balaban J connectivity index is 1.34. The van der Waals surface area contributed by atoms with Gasteiger partial charge in [0.25, 0.3) is 0 Å². The topological polar surface area (TPSA) is 82.0 Å². The molecule has 3 aromatic rings. The molecule has 3 aliphatic heterocycles. The number of phenolic OH excluding ortho intramolecular Hbond substituents is 1. The second-order valence-electron chi connectivity index (χ2n) is 13.4. The predicted molar refractivity (Wildman–Crippen MR) is 159 cm³/mol. The molecule has 7 nitrogen and oxygen atoms in total. The average Bonchev–Trinajstić information content (AvgIpc) is 3.46. The lowest BCUT2D eigenvalue weighted by Gasteiger charge is -2.38. The molecule has 0 amide bonds. The molecule has 2 aromatic carbocycles. The van der Waals surface area contributed by atoms with Gasteiger partial charge in [-0.1, -0.05) is 13.0 Å². The Morgan fingerprint density at radius 2 is 1.93 bits per heavy atom. The lowest BCUT2D eigenvalue weighted by molar-refractivity contribution is 0.0447. The summed E-state index contributed by atoms with van der Waals surface area (Å²) in [6.45, 7) is 6.51. The van der Waals surface area contributed by atoms with Crippen molar-refractivity contribution in [2.24, 2.45) is 0 Å². The highest BCUT2D eigenvalue weighted by atomic mass is 19.1. The van der Waals surface area contributed by atoms with Gasteiger partial charge in [0.15, 0.2) is 5.82 Å². The van der Waals surface area contributed by atoms with Gasteiger partial charge in [-0.3, -0.25) is 4.90 Å². The average molecular weight is 579 g/mol. The lowest BCUT2D eigenvalue weighted by Crippen LogP contribution is -2.46. The first-order chi connectivity index (χ1) is 20.1. The van der Waals surface area contributed by atoms with Crippen LogP contribution in [-0.4, -0.2) is 75.2 Å². The second-order valence-corrected chi connectivity index (χ2v) is 13.4. The molecule has 0 spiro atoms. The van der Waals surface area contributed by atoms with Gasteiger partial charge >= 0.3 is 6.01 Å². The number of piperidine rings is 1. The molecule has 4 aliphatic rings. The van der Waals surface area contributed by atoms with E-state index in [0.29, 0.717) is 54.8 Å². The SMILES string of the molecule is CC1CCCc2cc(O)cc(-c3ccc4c(N5CCC[C@@](C)(O)C5)nc(OC[C@@]56CCCN5C[C@H](F)C6)nc4c3F)c21. The number of fused-ring (bicyclic) bond motifs is 3. The van der Waals surface area contributed by atoms with Crippen molar-refractivity contribution in [3.05, 3.63) is 41.2 Å². The molecule has 0 bridgehead atoms. The second kappa shape index (κ2) is 10.3. The van der Waals surface area contributed by atoms with Crippen LogP contribution in [0.1, 0.15) is 75.8 Å². The summed E-state index contributed by atoms with van der Waals surface area (Å²) in [7, 11) is 0. The highest BCUT2D eigenvalue weighted by Crippen LogP contribution is 2.44. The standard InChI is InChI=1S/C33H40F2N4O3/c1-20-6-3-7-21-14-23(40)15-26(27(20)21)24-8-9-25-29(28(24)35)36-31(37-30(25)38-12-4-10-32(2,41)18-38)42-19-33-11-5-13-39(33)17-22(34)16-33/h8-9,14-15,20,22,40-41H,3-7,10-13,16-19H2,1-2H3/t20?,22-,32-,33+/m1/s1. The van der Waals surface area contributed by atoms with Crippen LogP contribution in [0, 0.1) is 5.82 Å². The first-order valence-electron chi connectivity index (χ1n) is 15.5. The molecule has 9 heteroatoms. The molecule has 7 rings (SSSR count). The molecule has 4 atom stereocenters. The number of anilines is 1. The Bertz CT molecular complexity index is 1530. The summed E-state index contributed by atoms with van der Waals surface area (Å²) in [4.78, 5) is 13.6. The van der Waals surface area contributed by atoms with Gasteiger partial charge in [-0.2, -0.15) is 9.97 Å². The van der Waals surface area contributed by atoms with Crippen molar-refractivity contribution in [2.75, 3.05) is 37.7 Å². The number of β-amino-alcohol motifs (C(OH)–C–C–N with tert-alkyl or cyclic N) is 1. The van der Waals surface area contributed by atoms with Crippen molar-refractivity contribution in [1.82, 2.24) is 14.9 Å². The molecule has 2 N–H and O–H groups in total. The molecular weight excluding hydrogens is 538 g/mol. The number of alkyl halides is 1. The summed E-state index contributed by atoms with van der Waals surface area (Å²) in [6, 6.07) is 7.14. The molecule has 1 unspecified atom stereocenters. The minimum Gasteiger partial charge on any atom is -0.508 e. The number of benzene rings is 2. The van der Waals surface area contributed by atoms with Gasteiger partial charge in [-0.25, -0.2) is 8.78 Å². The van der Waals surface area contributed by atoms with Gasteiger partial charge in [-0.05, 0) is 99.2 Å². The Hall–Kier alpha value is -3.04. The number of halogens is 2. The maximum absolute atomic E-state index is 16.7. The number of aliphatic hydroxyl groups is 1. The molecule has 224 valence electrons. The quantitative estimate of drug-likeness (QED) is 0.391. The van der Waals surface area contributed by atoms with Gasteiger partial charge in [0.05, 0.1) is 11.1 Å². The van der Waals surface area contributed by atoms with Crippen LogP contribution in [0.5, 0.6) is 11.8 Å². The number of nitrogens with zero attached hydrogens (tertiary/aromatic N) is 4. The van der Waals surface area contributed by atoms with E-state index in [1.807, 2.05) is 17.9 Å². The summed E-state index contributed by atoms with van der Waals surface area (Å²) in [5.74, 6) is 0.417. The number of hydrogen-bond acceptors (Lipinski definition) is 7. The van der Waals surface area contributed by atoms with Gasteiger partial charge in [0.1, 0.15) is 29.9 Å². The van der Waals surface area contributed by atoms with E-state index in [1.165, 1.54) is 0 Å². The van der Waals surface area contributed by atoms with E-state index in [-0.39, 0.29) is 35.3 Å². The van der Waals surface area contributed by atoms with Crippen LogP contribution in [0.3, 0.4) is 0 Å². The van der Waals surface area contributed by atoms with Crippen molar-refractivity contribution >= 4 is 16.7 Å². The monoisotopic (exact) mass is 578 g/mol. The first-order valence-corrected chi connectivity index (χ1v) is 15.5. The zero-order valence-corrected chi connectivity index (χ0v) is 24.5. The van der Waals surface area contributed by atoms with Crippen LogP contribution in [-0.2, 0) is 6.42 Å². The van der Waals surface area contributed by atoms with E-state index in [1.54, 1.807) is 18.2 Å². The highest BCUT2D eigenvalue weighted by molar-refractivity contribution is 5.94. The van der Waals surface area contributed by atoms with E-state index in [0.717, 1.165) is 56.2 Å². The fourth-order valence-corrected chi connectivity index (χ4v) is 8.14. The van der Waals surface area contributed by atoms with E-state index >= 15 is 4.39 Å². The van der Waals surface area contributed by atoms with Gasteiger partial charge in [-0.15, -0.1) is 0 Å². The Morgan fingerprint density at radius 3 is 2.76 bits per heavy atom. The zero-order chi connectivity index (χ0) is 29.2. The smallest absolute Gasteiger partial charge is 0.319 e. The van der Waals surface area contributed by atoms with Crippen LogP contribution in [0.15, 0.2) is 24.3 Å². The number of aromatic hydroxyl groups is 1. The highest BCUT2D eigenvalue weighted by Gasteiger charge is 2.49. The third kappa shape index (κ3) is 4.78. The van der Waals surface area contributed by atoms with Crippen LogP contribution < -0.4 is 9.64 Å². The van der Waals surface area contributed by atoms with Crippen molar-refractivity contribution in [3.63, 3.8) is 0 Å². The summed E-state index contributed by atoms with van der Waals surface area (Å²) < 4.78 is 37.4. The number of ether oxygens (including phenoxy) is 1.